The van der Waals surface area contributed by atoms with E-state index in [-0.39, 0.29) is 22.7 Å². The lowest BCUT2D eigenvalue weighted by Crippen LogP contribution is -2.48. The average molecular weight is 486 g/mol. The smallest absolute Gasteiger partial charge is 0.408 e. The zero-order chi connectivity index (χ0) is 25.0. The van der Waals surface area contributed by atoms with Gasteiger partial charge in [0, 0.05) is 11.1 Å². The van der Waals surface area contributed by atoms with Crippen LogP contribution in [-0.4, -0.2) is 23.7 Å². The Hall–Kier alpha value is -3.32. The van der Waals surface area contributed by atoms with E-state index in [0.29, 0.717) is 28.0 Å². The van der Waals surface area contributed by atoms with Gasteiger partial charge in [-0.1, -0.05) is 44.0 Å². The predicted molar refractivity (Wildman–Crippen MR) is 131 cm³/mol. The van der Waals surface area contributed by atoms with E-state index in [9.17, 15) is 14.4 Å². The molecule has 0 aliphatic heterocycles. The molecule has 0 aliphatic carbocycles. The third kappa shape index (κ3) is 6.17. The Bertz CT molecular complexity index is 1240. The molecule has 180 valence electrons. The fourth-order valence-electron chi connectivity index (χ4n) is 3.28. The van der Waals surface area contributed by atoms with Gasteiger partial charge in [-0.15, -0.1) is 0 Å². The standard InChI is InChI=1S/C26H28ClNO6/c1-6-15(2)22(28-25(31)34-26(3,4)5)24(30)33-18-11-12-19-21(13-18)32-14-20(23(19)29)16-7-9-17(27)10-8-16/h7-15,22H,6H2,1-5H3,(H,28,31). The number of halogens is 1. The Morgan fingerprint density at radius 3 is 2.41 bits per heavy atom. The molecule has 34 heavy (non-hydrogen) atoms. The maximum Gasteiger partial charge on any atom is 0.408 e. The van der Waals surface area contributed by atoms with Gasteiger partial charge in [-0.25, -0.2) is 9.59 Å². The molecule has 0 saturated carbocycles. The first kappa shape index (κ1) is 25.3. The lowest BCUT2D eigenvalue weighted by atomic mass is 9.99. The molecule has 1 amide bonds. The summed E-state index contributed by atoms with van der Waals surface area (Å²) in [6.07, 6.45) is 1.30. The van der Waals surface area contributed by atoms with Crippen LogP contribution in [0.15, 0.2) is 57.9 Å². The number of hydrogen-bond donors (Lipinski definition) is 1. The normalized spacial score (nSPS) is 13.2. The molecule has 0 spiro atoms. The van der Waals surface area contributed by atoms with E-state index in [1.807, 2.05) is 13.8 Å². The predicted octanol–water partition coefficient (Wildman–Crippen LogP) is 5.96. The van der Waals surface area contributed by atoms with E-state index in [1.165, 1.54) is 18.4 Å². The first-order chi connectivity index (χ1) is 16.0. The van der Waals surface area contributed by atoms with Crippen molar-refractivity contribution in [1.29, 1.82) is 0 Å². The van der Waals surface area contributed by atoms with Crippen LogP contribution in [0.3, 0.4) is 0 Å². The average Bonchev–Trinajstić information content (AvgIpc) is 2.76. The van der Waals surface area contributed by atoms with Crippen LogP contribution in [0.1, 0.15) is 41.0 Å². The van der Waals surface area contributed by atoms with E-state index in [4.69, 9.17) is 25.5 Å². The number of ether oxygens (including phenoxy) is 2. The lowest BCUT2D eigenvalue weighted by Gasteiger charge is -2.25. The second-order valence-corrected chi connectivity index (χ2v) is 9.51. The second-order valence-electron chi connectivity index (χ2n) is 9.07. The van der Waals surface area contributed by atoms with Crippen LogP contribution < -0.4 is 15.5 Å². The van der Waals surface area contributed by atoms with E-state index in [2.05, 4.69) is 5.32 Å². The van der Waals surface area contributed by atoms with Crippen LogP contribution in [0.2, 0.25) is 5.02 Å². The van der Waals surface area contributed by atoms with Gasteiger partial charge in [0.15, 0.2) is 5.43 Å². The van der Waals surface area contributed by atoms with Crippen LogP contribution in [0.4, 0.5) is 4.79 Å². The van der Waals surface area contributed by atoms with Gasteiger partial charge in [-0.2, -0.15) is 0 Å². The molecule has 0 bridgehead atoms. The van der Waals surface area contributed by atoms with Crippen molar-refractivity contribution in [2.24, 2.45) is 5.92 Å². The molecule has 2 aromatic carbocycles. The van der Waals surface area contributed by atoms with Crippen molar-refractivity contribution in [1.82, 2.24) is 5.32 Å². The first-order valence-electron chi connectivity index (χ1n) is 11.0. The highest BCUT2D eigenvalue weighted by Gasteiger charge is 2.30. The summed E-state index contributed by atoms with van der Waals surface area (Å²) in [6.45, 7) is 8.96. The molecular weight excluding hydrogens is 458 g/mol. The minimum absolute atomic E-state index is 0.194. The Kier molecular flexibility index (Phi) is 7.67. The number of amides is 1. The molecule has 0 aliphatic rings. The number of rotatable bonds is 6. The van der Waals surface area contributed by atoms with Crippen molar-refractivity contribution in [3.63, 3.8) is 0 Å². The number of esters is 1. The molecule has 0 radical (unpaired) electrons. The van der Waals surface area contributed by atoms with Crippen molar-refractivity contribution in [3.05, 3.63) is 64.0 Å². The maximum absolute atomic E-state index is 13.0. The van der Waals surface area contributed by atoms with Gasteiger partial charge in [0.25, 0.3) is 0 Å². The van der Waals surface area contributed by atoms with Crippen LogP contribution in [0.25, 0.3) is 22.1 Å². The molecule has 3 rings (SSSR count). The molecular formula is C26H28ClNO6. The van der Waals surface area contributed by atoms with E-state index in [0.717, 1.165) is 0 Å². The van der Waals surface area contributed by atoms with Gasteiger partial charge in [0.1, 0.15) is 29.2 Å². The molecule has 1 N–H and O–H groups in total. The highest BCUT2D eigenvalue weighted by Crippen LogP contribution is 2.25. The van der Waals surface area contributed by atoms with Crippen molar-refractivity contribution in [2.45, 2.75) is 52.7 Å². The Morgan fingerprint density at radius 2 is 1.79 bits per heavy atom. The Labute approximate surface area is 203 Å². The number of benzene rings is 2. The minimum Gasteiger partial charge on any atom is -0.463 e. The summed E-state index contributed by atoms with van der Waals surface area (Å²) in [5, 5.41) is 3.51. The highest BCUT2D eigenvalue weighted by atomic mass is 35.5. The highest BCUT2D eigenvalue weighted by molar-refractivity contribution is 6.30. The van der Waals surface area contributed by atoms with Crippen LogP contribution in [0, 0.1) is 5.92 Å². The summed E-state index contributed by atoms with van der Waals surface area (Å²) in [5.41, 5.74) is 0.431. The number of carbonyl (C=O) groups excluding carboxylic acids is 2. The molecule has 0 saturated heterocycles. The molecule has 3 aromatic rings. The van der Waals surface area contributed by atoms with Crippen LogP contribution >= 0.6 is 11.6 Å². The fraction of sp³-hybridized carbons (Fsp3) is 0.346. The maximum atomic E-state index is 13.0. The summed E-state index contributed by atoms with van der Waals surface area (Å²) >= 11 is 5.93. The summed E-state index contributed by atoms with van der Waals surface area (Å²) in [4.78, 5) is 38.1. The molecule has 1 aromatic heterocycles. The molecule has 0 fully saturated rings. The number of nitrogens with one attached hydrogen (secondary N) is 1. The molecule has 2 unspecified atom stereocenters. The lowest BCUT2D eigenvalue weighted by molar-refractivity contribution is -0.138. The zero-order valence-corrected chi connectivity index (χ0v) is 20.6. The van der Waals surface area contributed by atoms with Gasteiger partial charge in [0.05, 0.1) is 10.9 Å². The molecule has 1 heterocycles. The second kappa shape index (κ2) is 10.3. The topological polar surface area (TPSA) is 94.8 Å². The summed E-state index contributed by atoms with van der Waals surface area (Å²) in [6, 6.07) is 10.5. The molecule has 7 nitrogen and oxygen atoms in total. The first-order valence-corrected chi connectivity index (χ1v) is 11.4. The van der Waals surface area contributed by atoms with E-state index in [1.54, 1.807) is 51.1 Å². The van der Waals surface area contributed by atoms with Crippen molar-refractivity contribution >= 4 is 34.6 Å². The third-order valence-corrected chi connectivity index (χ3v) is 5.51. The van der Waals surface area contributed by atoms with E-state index < -0.39 is 23.7 Å². The minimum atomic E-state index is -0.908. The van der Waals surface area contributed by atoms with Crippen LogP contribution in [-0.2, 0) is 9.53 Å². The van der Waals surface area contributed by atoms with E-state index >= 15 is 0 Å². The van der Waals surface area contributed by atoms with Gasteiger partial charge < -0.3 is 19.2 Å². The van der Waals surface area contributed by atoms with Crippen LogP contribution in [0.5, 0.6) is 5.75 Å². The molecule has 2 atom stereocenters. The monoisotopic (exact) mass is 485 g/mol. The number of alkyl carbamates (subject to hydrolysis) is 1. The van der Waals surface area contributed by atoms with Gasteiger partial charge in [-0.05, 0) is 56.5 Å². The quantitative estimate of drug-likeness (QED) is 0.342. The zero-order valence-electron chi connectivity index (χ0n) is 19.8. The molecule has 8 heteroatoms. The number of fused-ring (bicyclic) bond motifs is 1. The largest absolute Gasteiger partial charge is 0.463 e. The SMILES string of the molecule is CCC(C)C(NC(=O)OC(C)(C)C)C(=O)Oc1ccc2c(=O)c(-c3ccc(Cl)cc3)coc2c1. The Balaban J connectivity index is 1.83. The number of hydrogen-bond acceptors (Lipinski definition) is 6. The van der Waals surface area contributed by atoms with Gasteiger partial charge >= 0.3 is 12.1 Å². The third-order valence-electron chi connectivity index (χ3n) is 5.26. The van der Waals surface area contributed by atoms with Crippen molar-refractivity contribution < 1.29 is 23.5 Å². The fourth-order valence-corrected chi connectivity index (χ4v) is 3.41. The summed E-state index contributed by atoms with van der Waals surface area (Å²) in [7, 11) is 0. The van der Waals surface area contributed by atoms with Gasteiger partial charge in [0.2, 0.25) is 0 Å². The summed E-state index contributed by atoms with van der Waals surface area (Å²) in [5.74, 6) is -0.640. The Morgan fingerprint density at radius 1 is 1.12 bits per heavy atom. The van der Waals surface area contributed by atoms with Gasteiger partial charge in [-0.3, -0.25) is 4.79 Å². The van der Waals surface area contributed by atoms with Crippen molar-refractivity contribution in [2.75, 3.05) is 0 Å². The van der Waals surface area contributed by atoms with Crippen molar-refractivity contribution in [3.8, 4) is 16.9 Å². The summed E-state index contributed by atoms with van der Waals surface area (Å²) < 4.78 is 16.5. The number of carbonyl (C=O) groups is 2.